The molecule has 0 saturated carbocycles. The van der Waals surface area contributed by atoms with Gasteiger partial charge in [0.15, 0.2) is 0 Å². The summed E-state index contributed by atoms with van der Waals surface area (Å²) in [7, 11) is 1.96. The second kappa shape index (κ2) is 6.63. The van der Waals surface area contributed by atoms with Gasteiger partial charge in [-0.25, -0.2) is 0 Å². The number of aromatic nitrogens is 2. The van der Waals surface area contributed by atoms with E-state index in [1.54, 1.807) is 11.8 Å². The van der Waals surface area contributed by atoms with Gasteiger partial charge in [0.05, 0.1) is 17.3 Å². The molecule has 0 atom stereocenters. The van der Waals surface area contributed by atoms with Crippen LogP contribution >= 0.6 is 11.8 Å². The Morgan fingerprint density at radius 3 is 2.63 bits per heavy atom. The van der Waals surface area contributed by atoms with E-state index in [-0.39, 0.29) is 0 Å². The number of hydrogen-bond donors (Lipinski definition) is 1. The van der Waals surface area contributed by atoms with Crippen molar-refractivity contribution in [3.05, 3.63) is 41.6 Å². The average Bonchev–Trinajstić information content (AvgIpc) is 2.74. The summed E-state index contributed by atoms with van der Waals surface area (Å²) in [5, 5.41) is 5.48. The molecule has 2 rings (SSSR count). The first kappa shape index (κ1) is 14.0. The predicted molar refractivity (Wildman–Crippen MR) is 78.5 cm³/mol. The van der Waals surface area contributed by atoms with E-state index in [2.05, 4.69) is 11.2 Å². The third-order valence-electron chi connectivity index (χ3n) is 2.72. The van der Waals surface area contributed by atoms with Gasteiger partial charge in [0, 0.05) is 19.3 Å². The molecular weight excluding hydrogens is 258 g/mol. The van der Waals surface area contributed by atoms with Crippen molar-refractivity contribution in [3.63, 3.8) is 0 Å². The van der Waals surface area contributed by atoms with Gasteiger partial charge in [-0.3, -0.25) is 4.68 Å². The summed E-state index contributed by atoms with van der Waals surface area (Å²) in [5.41, 5.74) is 7.71. The van der Waals surface area contributed by atoms with Gasteiger partial charge in [0.1, 0.15) is 5.75 Å². The molecular formula is C14H19N3OS. The fraction of sp³-hybridized carbons (Fsp3) is 0.357. The highest BCUT2D eigenvalue weighted by Crippen LogP contribution is 2.18. The molecule has 0 aliphatic carbocycles. The second-order valence-electron chi connectivity index (χ2n) is 4.29. The minimum Gasteiger partial charge on any atom is -0.493 e. The minimum atomic E-state index is 0.565. The summed E-state index contributed by atoms with van der Waals surface area (Å²) in [6.07, 6.45) is 0. The van der Waals surface area contributed by atoms with Gasteiger partial charge in [-0.1, -0.05) is 12.1 Å². The number of hydrogen-bond acceptors (Lipinski definition) is 4. The van der Waals surface area contributed by atoms with Gasteiger partial charge >= 0.3 is 0 Å². The molecule has 5 heteroatoms. The van der Waals surface area contributed by atoms with Crippen molar-refractivity contribution in [2.75, 3.05) is 12.4 Å². The molecule has 2 N–H and O–H groups in total. The standard InChI is InChI=1S/C14H19N3OS/c1-11-9-14(17(2)16-11)19-8-7-18-13-5-3-12(10-15)4-6-13/h3-6,9H,7-8,10,15H2,1-2H3. The van der Waals surface area contributed by atoms with Crippen LogP contribution in [0, 0.1) is 6.92 Å². The van der Waals surface area contributed by atoms with Crippen LogP contribution in [-0.4, -0.2) is 22.1 Å². The molecule has 1 aromatic heterocycles. The first-order chi connectivity index (χ1) is 9.19. The van der Waals surface area contributed by atoms with Gasteiger partial charge in [0.25, 0.3) is 0 Å². The smallest absolute Gasteiger partial charge is 0.119 e. The SMILES string of the molecule is Cc1cc(SCCOc2ccc(CN)cc2)n(C)n1. The minimum absolute atomic E-state index is 0.565. The van der Waals surface area contributed by atoms with Gasteiger partial charge in [0.2, 0.25) is 0 Å². The first-order valence-electron chi connectivity index (χ1n) is 6.24. The fourth-order valence-corrected chi connectivity index (χ4v) is 2.61. The third-order valence-corrected chi connectivity index (χ3v) is 3.77. The van der Waals surface area contributed by atoms with Crippen LogP contribution in [0.2, 0.25) is 0 Å². The number of ether oxygens (including phenoxy) is 1. The van der Waals surface area contributed by atoms with Gasteiger partial charge in [-0.05, 0) is 30.7 Å². The number of nitrogens with two attached hydrogens (primary N) is 1. The van der Waals surface area contributed by atoms with Crippen LogP contribution in [0.4, 0.5) is 0 Å². The zero-order valence-electron chi connectivity index (χ0n) is 11.3. The van der Waals surface area contributed by atoms with Crippen LogP contribution in [0.15, 0.2) is 35.4 Å². The predicted octanol–water partition coefficient (Wildman–Crippen LogP) is 2.36. The normalized spacial score (nSPS) is 10.7. The van der Waals surface area contributed by atoms with Crippen LogP contribution < -0.4 is 10.5 Å². The maximum absolute atomic E-state index is 5.68. The monoisotopic (exact) mass is 277 g/mol. The summed E-state index contributed by atoms with van der Waals surface area (Å²) in [5.74, 6) is 1.79. The van der Waals surface area contributed by atoms with Crippen molar-refractivity contribution in [2.45, 2.75) is 18.5 Å². The second-order valence-corrected chi connectivity index (χ2v) is 5.41. The third kappa shape index (κ3) is 4.01. The molecule has 102 valence electrons. The zero-order chi connectivity index (χ0) is 13.7. The van der Waals surface area contributed by atoms with Crippen LogP contribution in [0.3, 0.4) is 0 Å². The zero-order valence-corrected chi connectivity index (χ0v) is 12.1. The number of aryl methyl sites for hydroxylation is 2. The summed E-state index contributed by atoms with van der Waals surface area (Å²) >= 11 is 1.75. The molecule has 4 nitrogen and oxygen atoms in total. The Labute approximate surface area is 117 Å². The molecule has 0 spiro atoms. The lowest BCUT2D eigenvalue weighted by Gasteiger charge is -2.06. The first-order valence-corrected chi connectivity index (χ1v) is 7.23. The Morgan fingerprint density at radius 2 is 2.05 bits per heavy atom. The molecule has 1 aromatic carbocycles. The van der Waals surface area contributed by atoms with E-state index < -0.39 is 0 Å². The number of benzene rings is 1. The highest BCUT2D eigenvalue weighted by molar-refractivity contribution is 7.99. The van der Waals surface area contributed by atoms with Gasteiger partial charge in [-0.15, -0.1) is 11.8 Å². The molecule has 0 amide bonds. The number of thioether (sulfide) groups is 1. The molecule has 0 aliphatic rings. The molecule has 19 heavy (non-hydrogen) atoms. The molecule has 0 fully saturated rings. The van der Waals surface area contributed by atoms with Crippen LogP contribution in [-0.2, 0) is 13.6 Å². The fourth-order valence-electron chi connectivity index (χ4n) is 1.75. The van der Waals surface area contributed by atoms with E-state index in [4.69, 9.17) is 10.5 Å². The van der Waals surface area contributed by atoms with Crippen LogP contribution in [0.1, 0.15) is 11.3 Å². The highest BCUT2D eigenvalue weighted by atomic mass is 32.2. The molecule has 0 saturated heterocycles. The Kier molecular flexibility index (Phi) is 4.87. The maximum atomic E-state index is 5.68. The highest BCUT2D eigenvalue weighted by Gasteiger charge is 2.02. The average molecular weight is 277 g/mol. The lowest BCUT2D eigenvalue weighted by atomic mass is 10.2. The molecule has 0 unspecified atom stereocenters. The Morgan fingerprint density at radius 1 is 1.32 bits per heavy atom. The van der Waals surface area contributed by atoms with Crippen LogP contribution in [0.5, 0.6) is 5.75 Å². The summed E-state index contributed by atoms with van der Waals surface area (Å²) in [4.78, 5) is 0. The van der Waals surface area contributed by atoms with Crippen molar-refractivity contribution >= 4 is 11.8 Å². The lowest BCUT2D eigenvalue weighted by molar-refractivity contribution is 0.344. The Hall–Kier alpha value is -1.46. The quantitative estimate of drug-likeness (QED) is 0.650. The van der Waals surface area contributed by atoms with Crippen molar-refractivity contribution in [3.8, 4) is 5.75 Å². The van der Waals surface area contributed by atoms with Crippen LogP contribution in [0.25, 0.3) is 0 Å². The van der Waals surface area contributed by atoms with Gasteiger partial charge in [-0.2, -0.15) is 5.10 Å². The Balaban J connectivity index is 1.75. The van der Waals surface area contributed by atoms with Crippen molar-refractivity contribution < 1.29 is 4.74 Å². The van der Waals surface area contributed by atoms with E-state index in [0.717, 1.165) is 22.8 Å². The molecule has 0 aliphatic heterocycles. The molecule has 0 bridgehead atoms. The largest absolute Gasteiger partial charge is 0.493 e. The van der Waals surface area contributed by atoms with Gasteiger partial charge < -0.3 is 10.5 Å². The molecule has 2 aromatic rings. The molecule has 0 radical (unpaired) electrons. The Bertz CT molecular complexity index is 522. The van der Waals surface area contributed by atoms with E-state index in [9.17, 15) is 0 Å². The van der Waals surface area contributed by atoms with E-state index in [1.807, 2.05) is 42.9 Å². The van der Waals surface area contributed by atoms with Crippen molar-refractivity contribution in [1.82, 2.24) is 9.78 Å². The summed E-state index contributed by atoms with van der Waals surface area (Å²) in [6.45, 7) is 3.24. The van der Waals surface area contributed by atoms with E-state index in [1.165, 1.54) is 5.03 Å². The number of rotatable bonds is 6. The topological polar surface area (TPSA) is 53.1 Å². The van der Waals surface area contributed by atoms with Crippen molar-refractivity contribution in [1.29, 1.82) is 0 Å². The van der Waals surface area contributed by atoms with E-state index >= 15 is 0 Å². The summed E-state index contributed by atoms with van der Waals surface area (Å²) < 4.78 is 7.58. The lowest BCUT2D eigenvalue weighted by Crippen LogP contribution is -2.02. The van der Waals surface area contributed by atoms with Crippen molar-refractivity contribution in [2.24, 2.45) is 12.8 Å². The molecule has 1 heterocycles. The van der Waals surface area contributed by atoms with E-state index in [0.29, 0.717) is 13.2 Å². The maximum Gasteiger partial charge on any atom is 0.119 e. The summed E-state index contributed by atoms with van der Waals surface area (Å²) in [6, 6.07) is 9.99. The number of nitrogens with zero attached hydrogens (tertiary/aromatic N) is 2.